The minimum absolute atomic E-state index is 0.103. The Bertz CT molecular complexity index is 1100. The van der Waals surface area contributed by atoms with Crippen LogP contribution in [-0.2, 0) is 11.2 Å². The number of nitrogens with one attached hydrogen (secondary N) is 1. The van der Waals surface area contributed by atoms with Gasteiger partial charge in [0.15, 0.2) is 0 Å². The maximum Gasteiger partial charge on any atom is 0.227 e. The summed E-state index contributed by atoms with van der Waals surface area (Å²) in [6.45, 7) is 3.91. The molecule has 7 heteroatoms. The summed E-state index contributed by atoms with van der Waals surface area (Å²) < 4.78 is 11.1. The third kappa shape index (κ3) is 3.64. The zero-order valence-electron chi connectivity index (χ0n) is 15.7. The largest absolute Gasteiger partial charge is 0.459 e. The van der Waals surface area contributed by atoms with Crippen molar-refractivity contribution in [1.29, 1.82) is 0 Å². The highest BCUT2D eigenvalue weighted by atomic mass is 16.5. The highest BCUT2D eigenvalue weighted by Crippen LogP contribution is 2.29. The Kier molecular flexibility index (Phi) is 4.89. The molecule has 0 aliphatic rings. The summed E-state index contributed by atoms with van der Waals surface area (Å²) in [6.07, 6.45) is 3.96. The number of amides is 1. The standard InChI is InChI=1S/C21H20N4O3/c1-13-16-7-3-4-8-17(16)27-20(13)14(2)23-18(26)9-10-19-24-21(25-28-19)15-6-5-11-22-12-15/h3-8,11-12,14H,9-10H2,1-2H3,(H,23,26). The first-order valence-electron chi connectivity index (χ1n) is 9.12. The summed E-state index contributed by atoms with van der Waals surface area (Å²) in [6, 6.07) is 11.3. The Hall–Kier alpha value is -3.48. The van der Waals surface area contributed by atoms with E-state index >= 15 is 0 Å². The molecule has 0 aliphatic heterocycles. The predicted molar refractivity (Wildman–Crippen MR) is 103 cm³/mol. The molecular weight excluding hydrogens is 356 g/mol. The van der Waals surface area contributed by atoms with Gasteiger partial charge in [0, 0.05) is 41.7 Å². The molecule has 3 heterocycles. The molecule has 1 atom stereocenters. The predicted octanol–water partition coefficient (Wildman–Crippen LogP) is 4.00. The van der Waals surface area contributed by atoms with E-state index in [1.807, 2.05) is 44.2 Å². The first-order valence-corrected chi connectivity index (χ1v) is 9.12. The van der Waals surface area contributed by atoms with E-state index in [1.165, 1.54) is 0 Å². The van der Waals surface area contributed by atoms with Crippen molar-refractivity contribution in [2.75, 3.05) is 0 Å². The van der Waals surface area contributed by atoms with E-state index in [4.69, 9.17) is 8.94 Å². The molecule has 28 heavy (non-hydrogen) atoms. The van der Waals surface area contributed by atoms with Gasteiger partial charge in [-0.25, -0.2) is 0 Å². The number of fused-ring (bicyclic) bond motifs is 1. The quantitative estimate of drug-likeness (QED) is 0.547. The maximum absolute atomic E-state index is 12.4. The van der Waals surface area contributed by atoms with Gasteiger partial charge in [-0.3, -0.25) is 9.78 Å². The van der Waals surface area contributed by atoms with Gasteiger partial charge in [0.25, 0.3) is 0 Å². The van der Waals surface area contributed by atoms with Gasteiger partial charge in [-0.05, 0) is 32.0 Å². The maximum atomic E-state index is 12.4. The molecule has 1 N–H and O–H groups in total. The number of para-hydroxylation sites is 1. The van der Waals surface area contributed by atoms with Crippen LogP contribution >= 0.6 is 0 Å². The Morgan fingerprint density at radius 3 is 2.86 bits per heavy atom. The lowest BCUT2D eigenvalue weighted by Gasteiger charge is -2.12. The molecule has 0 aliphatic carbocycles. The van der Waals surface area contributed by atoms with Gasteiger partial charge in [0.2, 0.25) is 17.6 Å². The highest BCUT2D eigenvalue weighted by molar-refractivity contribution is 5.82. The second-order valence-electron chi connectivity index (χ2n) is 6.63. The highest BCUT2D eigenvalue weighted by Gasteiger charge is 2.19. The van der Waals surface area contributed by atoms with Crippen molar-refractivity contribution in [3.05, 3.63) is 66.0 Å². The van der Waals surface area contributed by atoms with E-state index in [-0.39, 0.29) is 18.4 Å². The summed E-state index contributed by atoms with van der Waals surface area (Å²) >= 11 is 0. The Morgan fingerprint density at radius 1 is 1.21 bits per heavy atom. The van der Waals surface area contributed by atoms with Gasteiger partial charge in [0.05, 0.1) is 6.04 Å². The van der Waals surface area contributed by atoms with Gasteiger partial charge in [-0.2, -0.15) is 4.98 Å². The lowest BCUT2D eigenvalue weighted by atomic mass is 10.1. The van der Waals surface area contributed by atoms with Crippen molar-refractivity contribution in [1.82, 2.24) is 20.4 Å². The first kappa shape index (κ1) is 17.9. The van der Waals surface area contributed by atoms with E-state index in [9.17, 15) is 4.79 Å². The lowest BCUT2D eigenvalue weighted by molar-refractivity contribution is -0.121. The van der Waals surface area contributed by atoms with Crippen LogP contribution < -0.4 is 5.32 Å². The fourth-order valence-corrected chi connectivity index (χ4v) is 3.17. The second kappa shape index (κ2) is 7.64. The normalized spacial score (nSPS) is 12.2. The number of pyridine rings is 1. The van der Waals surface area contributed by atoms with Crippen LogP contribution in [0.25, 0.3) is 22.4 Å². The molecule has 0 radical (unpaired) electrons. The number of aryl methyl sites for hydroxylation is 2. The topological polar surface area (TPSA) is 94.1 Å². The van der Waals surface area contributed by atoms with E-state index in [0.29, 0.717) is 18.1 Å². The molecule has 3 aromatic heterocycles. The lowest BCUT2D eigenvalue weighted by Crippen LogP contribution is -2.27. The molecular formula is C21H20N4O3. The average molecular weight is 376 g/mol. The third-order valence-corrected chi connectivity index (χ3v) is 4.61. The van der Waals surface area contributed by atoms with Crippen molar-refractivity contribution in [2.45, 2.75) is 32.7 Å². The molecule has 0 saturated heterocycles. The zero-order valence-corrected chi connectivity index (χ0v) is 15.7. The first-order chi connectivity index (χ1) is 13.6. The van der Waals surface area contributed by atoms with E-state index < -0.39 is 0 Å². The van der Waals surface area contributed by atoms with E-state index in [0.717, 1.165) is 27.9 Å². The molecule has 4 rings (SSSR count). The summed E-state index contributed by atoms with van der Waals surface area (Å²) in [5, 5.41) is 7.97. The molecule has 4 aromatic rings. The number of carbonyl (C=O) groups is 1. The van der Waals surface area contributed by atoms with Gasteiger partial charge in [-0.1, -0.05) is 23.4 Å². The molecule has 1 aromatic carbocycles. The number of hydrogen-bond donors (Lipinski definition) is 1. The summed E-state index contributed by atoms with van der Waals surface area (Å²) in [4.78, 5) is 20.7. The second-order valence-corrected chi connectivity index (χ2v) is 6.63. The van der Waals surface area contributed by atoms with Crippen LogP contribution in [0.3, 0.4) is 0 Å². The number of aromatic nitrogens is 3. The molecule has 142 valence electrons. The van der Waals surface area contributed by atoms with Crippen LogP contribution in [0, 0.1) is 6.92 Å². The fourth-order valence-electron chi connectivity index (χ4n) is 3.17. The Morgan fingerprint density at radius 2 is 2.07 bits per heavy atom. The summed E-state index contributed by atoms with van der Waals surface area (Å²) in [7, 11) is 0. The SMILES string of the molecule is Cc1c(C(C)NC(=O)CCc2nc(-c3cccnc3)no2)oc2ccccc12. The molecule has 7 nitrogen and oxygen atoms in total. The van der Waals surface area contributed by atoms with Crippen LogP contribution in [0.5, 0.6) is 0 Å². The Balaban J connectivity index is 1.36. The van der Waals surface area contributed by atoms with Crippen molar-refractivity contribution < 1.29 is 13.7 Å². The van der Waals surface area contributed by atoms with Gasteiger partial charge >= 0.3 is 0 Å². The summed E-state index contributed by atoms with van der Waals surface area (Å²) in [5.74, 6) is 1.55. The van der Waals surface area contributed by atoms with Crippen LogP contribution in [0.15, 0.2) is 57.7 Å². The van der Waals surface area contributed by atoms with Crippen LogP contribution in [-0.4, -0.2) is 21.0 Å². The summed E-state index contributed by atoms with van der Waals surface area (Å²) in [5.41, 5.74) is 2.64. The number of nitrogens with zero attached hydrogens (tertiary/aromatic N) is 3. The van der Waals surface area contributed by atoms with E-state index in [2.05, 4.69) is 20.4 Å². The fraction of sp³-hybridized carbons (Fsp3) is 0.238. The number of carbonyl (C=O) groups excluding carboxylic acids is 1. The van der Waals surface area contributed by atoms with Crippen molar-refractivity contribution in [3.8, 4) is 11.4 Å². The minimum atomic E-state index is -0.228. The third-order valence-electron chi connectivity index (χ3n) is 4.61. The van der Waals surface area contributed by atoms with Gasteiger partial charge in [0.1, 0.15) is 11.3 Å². The Labute approximate surface area is 161 Å². The number of rotatable bonds is 6. The average Bonchev–Trinajstić information content (AvgIpc) is 3.32. The molecule has 1 amide bonds. The minimum Gasteiger partial charge on any atom is -0.459 e. The number of hydrogen-bond acceptors (Lipinski definition) is 6. The van der Waals surface area contributed by atoms with Crippen LogP contribution in [0.1, 0.15) is 36.6 Å². The molecule has 1 unspecified atom stereocenters. The monoisotopic (exact) mass is 376 g/mol. The molecule has 0 fully saturated rings. The van der Waals surface area contributed by atoms with Crippen LogP contribution in [0.2, 0.25) is 0 Å². The van der Waals surface area contributed by atoms with Gasteiger partial charge in [-0.15, -0.1) is 0 Å². The zero-order chi connectivity index (χ0) is 19.5. The van der Waals surface area contributed by atoms with Crippen molar-refractivity contribution in [3.63, 3.8) is 0 Å². The molecule has 0 spiro atoms. The van der Waals surface area contributed by atoms with Crippen molar-refractivity contribution >= 4 is 16.9 Å². The van der Waals surface area contributed by atoms with Gasteiger partial charge < -0.3 is 14.3 Å². The van der Waals surface area contributed by atoms with E-state index in [1.54, 1.807) is 18.5 Å². The molecule has 0 bridgehead atoms. The smallest absolute Gasteiger partial charge is 0.227 e. The molecule has 0 saturated carbocycles. The number of benzene rings is 1. The van der Waals surface area contributed by atoms with Crippen LogP contribution in [0.4, 0.5) is 0 Å². The van der Waals surface area contributed by atoms with Crippen molar-refractivity contribution in [2.24, 2.45) is 0 Å². The number of furan rings is 1.